The second kappa shape index (κ2) is 32.4. The number of aliphatic hydroxyl groups excluding tert-OH is 1. The predicted molar refractivity (Wildman–Crippen MR) is 201 cm³/mol. The molecule has 2 unspecified atom stereocenters. The molecule has 0 aromatic heterocycles. The Labute approximate surface area is 287 Å². The van der Waals surface area contributed by atoms with E-state index in [1.807, 2.05) is 7.05 Å². The van der Waals surface area contributed by atoms with Crippen LogP contribution in [-0.4, -0.2) is 43.3 Å². The van der Waals surface area contributed by atoms with Crippen molar-refractivity contribution in [2.45, 2.75) is 199 Å². The molecule has 2 N–H and O–H groups in total. The zero-order chi connectivity index (χ0) is 33.2. The van der Waals surface area contributed by atoms with Gasteiger partial charge in [0.2, 0.25) is 0 Å². The summed E-state index contributed by atoms with van der Waals surface area (Å²) in [4.78, 5) is 0. The molecule has 4 nitrogen and oxygen atoms in total. The van der Waals surface area contributed by atoms with Crippen LogP contribution in [0.15, 0.2) is 48.6 Å². The molecule has 0 amide bonds. The fourth-order valence-corrected chi connectivity index (χ4v) is 6.32. The largest absolute Gasteiger partial charge is 0.395 e. The molecule has 0 radical (unpaired) electrons. The number of hydrogen-bond donors (Lipinski definition) is 2. The number of aliphatic hydroxyl groups is 1. The van der Waals surface area contributed by atoms with Crippen molar-refractivity contribution in [2.24, 2.45) is 0 Å². The summed E-state index contributed by atoms with van der Waals surface area (Å²) in [7, 11) is 1.90. The van der Waals surface area contributed by atoms with Crippen LogP contribution in [0, 0.1) is 0 Å². The number of likely N-dealkylation sites (N-methyl/N-ethyl adjacent to an activating group) is 1. The highest BCUT2D eigenvalue weighted by Crippen LogP contribution is 2.35. The summed E-state index contributed by atoms with van der Waals surface area (Å²) in [6.45, 7) is 5.18. The first-order valence-electron chi connectivity index (χ1n) is 19.9. The number of hydrogen-bond acceptors (Lipinski definition) is 4. The fraction of sp³-hybridized carbons (Fsp3) is 0.810. The smallest absolute Gasteiger partial charge is 0.168 e. The van der Waals surface area contributed by atoms with E-state index in [0.29, 0.717) is 6.61 Å². The molecule has 0 saturated carbocycles. The van der Waals surface area contributed by atoms with Crippen LogP contribution in [0.4, 0.5) is 0 Å². The standard InChI is InChI=1S/C42H77NO3/c1-4-6-8-10-12-14-16-18-20-22-24-26-28-30-32-34-36-42(45-39-41(46-42)40(38-44)43-3)37-35-33-31-29-27-25-23-21-19-17-15-13-11-9-7-5-2/h12-15,18-21,40-41,43-44H,4-11,16-17,22-39H2,1-3H3/b14-12-,15-13-,20-18-,21-19-. The van der Waals surface area contributed by atoms with Crippen molar-refractivity contribution in [3.8, 4) is 0 Å². The summed E-state index contributed by atoms with van der Waals surface area (Å²) in [5.74, 6) is -0.459. The average molecular weight is 644 g/mol. The van der Waals surface area contributed by atoms with Crippen LogP contribution >= 0.6 is 0 Å². The van der Waals surface area contributed by atoms with Crippen molar-refractivity contribution in [1.29, 1.82) is 0 Å². The molecule has 0 aliphatic carbocycles. The summed E-state index contributed by atoms with van der Waals surface area (Å²) in [5, 5.41) is 13.0. The lowest BCUT2D eigenvalue weighted by Crippen LogP contribution is -2.43. The van der Waals surface area contributed by atoms with Crippen molar-refractivity contribution >= 4 is 0 Å². The molecular formula is C42H77NO3. The Balaban J connectivity index is 2.18. The quantitative estimate of drug-likeness (QED) is 0.0552. The van der Waals surface area contributed by atoms with Crippen LogP contribution < -0.4 is 5.32 Å². The van der Waals surface area contributed by atoms with Crippen molar-refractivity contribution in [3.63, 3.8) is 0 Å². The molecule has 1 fully saturated rings. The first-order chi connectivity index (χ1) is 22.7. The summed E-state index contributed by atoms with van der Waals surface area (Å²) < 4.78 is 13.0. The van der Waals surface area contributed by atoms with Gasteiger partial charge in [-0.3, -0.25) is 0 Å². The van der Waals surface area contributed by atoms with E-state index in [-0.39, 0.29) is 18.8 Å². The Hall–Kier alpha value is -1.20. The highest BCUT2D eigenvalue weighted by atomic mass is 16.7. The number of nitrogens with one attached hydrogen (secondary N) is 1. The molecule has 1 rings (SSSR count). The van der Waals surface area contributed by atoms with E-state index in [9.17, 15) is 5.11 Å². The zero-order valence-electron chi connectivity index (χ0n) is 30.8. The maximum absolute atomic E-state index is 9.79. The van der Waals surface area contributed by atoms with Crippen LogP contribution in [0.2, 0.25) is 0 Å². The second-order valence-corrected chi connectivity index (χ2v) is 13.6. The van der Waals surface area contributed by atoms with Crippen LogP contribution in [0.3, 0.4) is 0 Å². The maximum Gasteiger partial charge on any atom is 0.168 e. The van der Waals surface area contributed by atoms with Gasteiger partial charge in [-0.05, 0) is 84.1 Å². The molecule has 0 spiro atoms. The maximum atomic E-state index is 9.79. The number of unbranched alkanes of at least 4 members (excludes halogenated alkanes) is 18. The van der Waals surface area contributed by atoms with Gasteiger partial charge in [-0.1, -0.05) is 140 Å². The van der Waals surface area contributed by atoms with Crippen LogP contribution in [0.1, 0.15) is 181 Å². The van der Waals surface area contributed by atoms with Gasteiger partial charge in [-0.15, -0.1) is 0 Å². The monoisotopic (exact) mass is 644 g/mol. The Bertz CT molecular complexity index is 706. The summed E-state index contributed by atoms with van der Waals surface area (Å²) >= 11 is 0. The zero-order valence-corrected chi connectivity index (χ0v) is 30.8. The number of rotatable bonds is 33. The van der Waals surface area contributed by atoms with Gasteiger partial charge in [0.1, 0.15) is 6.10 Å². The van der Waals surface area contributed by atoms with E-state index in [1.54, 1.807) is 0 Å². The van der Waals surface area contributed by atoms with Gasteiger partial charge in [-0.2, -0.15) is 0 Å². The summed E-state index contributed by atoms with van der Waals surface area (Å²) in [6, 6.07) is -0.0615. The SMILES string of the molecule is CCCCC/C=C\C/C=C\CCCCCCCCC1(CCCCCCCC/C=C\C/C=C\CCCCC)OCC(C(CO)NC)O1. The molecule has 0 aromatic carbocycles. The van der Waals surface area contributed by atoms with Gasteiger partial charge in [0.05, 0.1) is 19.3 Å². The highest BCUT2D eigenvalue weighted by Gasteiger charge is 2.42. The normalized spacial score (nSPS) is 17.5. The molecule has 4 heteroatoms. The third-order valence-corrected chi connectivity index (χ3v) is 9.41. The van der Waals surface area contributed by atoms with Gasteiger partial charge in [0.25, 0.3) is 0 Å². The van der Waals surface area contributed by atoms with Gasteiger partial charge in [0, 0.05) is 12.8 Å². The van der Waals surface area contributed by atoms with Crippen molar-refractivity contribution < 1.29 is 14.6 Å². The molecule has 1 aliphatic heterocycles. The van der Waals surface area contributed by atoms with Gasteiger partial charge < -0.3 is 19.9 Å². The predicted octanol–water partition coefficient (Wildman–Crippen LogP) is 12.1. The lowest BCUT2D eigenvalue weighted by atomic mass is 9.98. The minimum absolute atomic E-state index is 0.0615. The minimum atomic E-state index is -0.459. The summed E-state index contributed by atoms with van der Waals surface area (Å²) in [5.41, 5.74) is 0. The van der Waals surface area contributed by atoms with Crippen LogP contribution in [0.25, 0.3) is 0 Å². The number of allylic oxidation sites excluding steroid dienone is 8. The summed E-state index contributed by atoms with van der Waals surface area (Å²) in [6.07, 6.45) is 50.9. The molecule has 1 saturated heterocycles. The third kappa shape index (κ3) is 24.0. The van der Waals surface area contributed by atoms with E-state index in [0.717, 1.165) is 38.5 Å². The van der Waals surface area contributed by atoms with Crippen molar-refractivity contribution in [3.05, 3.63) is 48.6 Å². The topological polar surface area (TPSA) is 50.7 Å². The molecule has 0 aromatic rings. The van der Waals surface area contributed by atoms with E-state index in [2.05, 4.69) is 67.8 Å². The van der Waals surface area contributed by atoms with Crippen LogP contribution in [0.5, 0.6) is 0 Å². The first kappa shape index (κ1) is 42.8. The Kier molecular flexibility index (Phi) is 30.1. The highest BCUT2D eigenvalue weighted by molar-refractivity contribution is 4.93. The molecule has 268 valence electrons. The van der Waals surface area contributed by atoms with E-state index < -0.39 is 5.79 Å². The second-order valence-electron chi connectivity index (χ2n) is 13.6. The Morgan fingerprint density at radius 1 is 0.587 bits per heavy atom. The molecule has 1 heterocycles. The molecular weight excluding hydrogens is 566 g/mol. The van der Waals surface area contributed by atoms with Gasteiger partial charge >= 0.3 is 0 Å². The van der Waals surface area contributed by atoms with Gasteiger partial charge in [0.15, 0.2) is 5.79 Å². The van der Waals surface area contributed by atoms with E-state index >= 15 is 0 Å². The lowest BCUT2D eigenvalue weighted by molar-refractivity contribution is -0.182. The molecule has 2 atom stereocenters. The Morgan fingerprint density at radius 3 is 1.37 bits per heavy atom. The molecule has 46 heavy (non-hydrogen) atoms. The van der Waals surface area contributed by atoms with E-state index in [4.69, 9.17) is 9.47 Å². The van der Waals surface area contributed by atoms with E-state index in [1.165, 1.54) is 128 Å². The molecule has 1 aliphatic rings. The number of ether oxygens (including phenoxy) is 2. The van der Waals surface area contributed by atoms with Crippen LogP contribution in [-0.2, 0) is 9.47 Å². The minimum Gasteiger partial charge on any atom is -0.395 e. The van der Waals surface area contributed by atoms with Gasteiger partial charge in [-0.25, -0.2) is 0 Å². The van der Waals surface area contributed by atoms with Crippen molar-refractivity contribution in [2.75, 3.05) is 20.3 Å². The average Bonchev–Trinajstić information content (AvgIpc) is 3.48. The first-order valence-corrected chi connectivity index (χ1v) is 19.9. The fourth-order valence-electron chi connectivity index (χ4n) is 6.32. The molecule has 0 bridgehead atoms. The van der Waals surface area contributed by atoms with Crippen molar-refractivity contribution in [1.82, 2.24) is 5.32 Å². The lowest BCUT2D eigenvalue weighted by Gasteiger charge is -2.30. The third-order valence-electron chi connectivity index (χ3n) is 9.41. The Morgan fingerprint density at radius 2 is 0.978 bits per heavy atom.